The summed E-state index contributed by atoms with van der Waals surface area (Å²) in [6.45, 7) is -0.297. The van der Waals surface area contributed by atoms with Crippen molar-refractivity contribution in [3.05, 3.63) is 72.1 Å². The van der Waals surface area contributed by atoms with Crippen molar-refractivity contribution in [3.8, 4) is 11.1 Å². The Morgan fingerprint density at radius 3 is 2.52 bits per heavy atom. The number of fused-ring (bicyclic) bond motifs is 1. The van der Waals surface area contributed by atoms with Gasteiger partial charge >= 0.3 is 18.3 Å². The van der Waals surface area contributed by atoms with Gasteiger partial charge in [-0.05, 0) is 35.9 Å². The van der Waals surface area contributed by atoms with E-state index in [-0.39, 0.29) is 17.8 Å². The predicted octanol–water partition coefficient (Wildman–Crippen LogP) is 4.62. The van der Waals surface area contributed by atoms with Crippen LogP contribution >= 0.6 is 0 Å². The molecular formula is C20H11F7N4O2. The molecule has 4 aromatic rings. The molecule has 0 aliphatic rings. The van der Waals surface area contributed by atoms with Crippen molar-refractivity contribution in [2.24, 2.45) is 0 Å². The molecule has 0 saturated heterocycles. The van der Waals surface area contributed by atoms with Crippen LogP contribution in [0.25, 0.3) is 22.2 Å². The van der Waals surface area contributed by atoms with Crippen molar-refractivity contribution >= 4 is 17.0 Å². The molecule has 3 aromatic heterocycles. The third-order valence-electron chi connectivity index (χ3n) is 4.62. The Hall–Kier alpha value is -3.90. The maximum absolute atomic E-state index is 14.0. The molecule has 1 aromatic carbocycles. The highest BCUT2D eigenvalue weighted by Gasteiger charge is 2.42. The first kappa shape index (κ1) is 22.3. The molecule has 13 heteroatoms. The predicted molar refractivity (Wildman–Crippen MR) is 99.1 cm³/mol. The van der Waals surface area contributed by atoms with Crippen molar-refractivity contribution in [2.45, 2.75) is 18.9 Å². The van der Waals surface area contributed by atoms with Crippen molar-refractivity contribution in [1.29, 1.82) is 0 Å². The first-order valence-electron chi connectivity index (χ1n) is 9.07. The lowest BCUT2D eigenvalue weighted by Gasteiger charge is -2.10. The van der Waals surface area contributed by atoms with E-state index in [0.29, 0.717) is 33.4 Å². The fourth-order valence-corrected chi connectivity index (χ4v) is 3.12. The number of carbonyl (C=O) groups is 1. The van der Waals surface area contributed by atoms with Crippen LogP contribution in [-0.2, 0) is 17.5 Å². The summed E-state index contributed by atoms with van der Waals surface area (Å²) in [5.41, 5.74) is -0.449. The van der Waals surface area contributed by atoms with Crippen LogP contribution < -0.4 is 4.84 Å². The topological polar surface area (TPSA) is 61.9 Å². The van der Waals surface area contributed by atoms with Crippen LogP contribution in [0, 0.1) is 5.82 Å². The molecule has 0 atom stereocenters. The molecule has 33 heavy (non-hydrogen) atoms. The first-order valence-corrected chi connectivity index (χ1v) is 9.07. The molecule has 0 aliphatic heterocycles. The standard InChI is InChI=1S/C20H11F7N4O2/c21-16-2-1-13(19(22,23)24)7-11(16)9-30-10-12(8-29-30)14-3-5-28-17-15(14)4-6-31(17)33-18(32)20(25,26)27/h1-8,10H,9H2. The Balaban J connectivity index is 1.63. The van der Waals surface area contributed by atoms with E-state index in [9.17, 15) is 35.5 Å². The summed E-state index contributed by atoms with van der Waals surface area (Å²) in [6.07, 6.45) is -4.73. The molecule has 0 unspecified atom stereocenters. The molecular weight excluding hydrogens is 461 g/mol. The van der Waals surface area contributed by atoms with Gasteiger partial charge in [0, 0.05) is 35.1 Å². The van der Waals surface area contributed by atoms with Crippen LogP contribution in [0.5, 0.6) is 0 Å². The van der Waals surface area contributed by atoms with Gasteiger partial charge in [-0.25, -0.2) is 14.2 Å². The zero-order chi connectivity index (χ0) is 24.0. The SMILES string of the molecule is O=C(On1ccc2c(-c3cnn(Cc4cc(C(F)(F)F)ccc4F)c3)ccnc21)C(F)(F)F. The molecule has 172 valence electrons. The number of aromatic nitrogens is 4. The summed E-state index contributed by atoms with van der Waals surface area (Å²) in [5.74, 6) is -3.27. The van der Waals surface area contributed by atoms with E-state index < -0.39 is 29.7 Å². The van der Waals surface area contributed by atoms with Crippen LogP contribution in [0.15, 0.2) is 55.1 Å². The third-order valence-corrected chi connectivity index (χ3v) is 4.62. The second-order valence-corrected chi connectivity index (χ2v) is 6.84. The average Bonchev–Trinajstić information content (AvgIpc) is 3.35. The number of benzene rings is 1. The number of halogens is 7. The van der Waals surface area contributed by atoms with Gasteiger partial charge in [0.05, 0.1) is 18.3 Å². The van der Waals surface area contributed by atoms with Crippen molar-refractivity contribution in [1.82, 2.24) is 19.5 Å². The maximum atomic E-state index is 14.0. The van der Waals surface area contributed by atoms with Gasteiger partial charge in [-0.2, -0.15) is 36.2 Å². The minimum Gasteiger partial charge on any atom is -0.326 e. The van der Waals surface area contributed by atoms with Gasteiger partial charge in [0.25, 0.3) is 0 Å². The monoisotopic (exact) mass is 472 g/mol. The second kappa shape index (κ2) is 7.90. The van der Waals surface area contributed by atoms with Gasteiger partial charge in [0.15, 0.2) is 5.65 Å². The smallest absolute Gasteiger partial charge is 0.326 e. The Bertz CT molecular complexity index is 1340. The average molecular weight is 472 g/mol. The largest absolute Gasteiger partial charge is 0.493 e. The zero-order valence-corrected chi connectivity index (χ0v) is 16.2. The highest BCUT2D eigenvalue weighted by Crippen LogP contribution is 2.31. The third kappa shape index (κ3) is 4.52. The highest BCUT2D eigenvalue weighted by molar-refractivity contribution is 5.93. The highest BCUT2D eigenvalue weighted by atomic mass is 19.4. The lowest BCUT2D eigenvalue weighted by Crippen LogP contribution is -2.33. The number of carbonyl (C=O) groups excluding carboxylic acids is 1. The molecule has 0 bridgehead atoms. The number of rotatable bonds is 4. The van der Waals surface area contributed by atoms with Crippen LogP contribution in [0.2, 0.25) is 0 Å². The van der Waals surface area contributed by atoms with Crippen molar-refractivity contribution in [2.75, 3.05) is 0 Å². The summed E-state index contributed by atoms with van der Waals surface area (Å²) in [4.78, 5) is 19.3. The van der Waals surface area contributed by atoms with Gasteiger partial charge in [-0.3, -0.25) is 4.68 Å². The van der Waals surface area contributed by atoms with E-state index in [0.717, 1.165) is 12.3 Å². The van der Waals surface area contributed by atoms with Crippen molar-refractivity contribution < 1.29 is 40.4 Å². The minimum absolute atomic E-state index is 0.0817. The Labute approximate surface area is 179 Å². The van der Waals surface area contributed by atoms with E-state index >= 15 is 0 Å². The lowest BCUT2D eigenvalue weighted by molar-refractivity contribution is -0.199. The van der Waals surface area contributed by atoms with Gasteiger partial charge in [-0.15, -0.1) is 0 Å². The first-order chi connectivity index (χ1) is 15.4. The number of hydrogen-bond acceptors (Lipinski definition) is 4. The van der Waals surface area contributed by atoms with Crippen LogP contribution in [0.4, 0.5) is 30.7 Å². The molecule has 0 spiro atoms. The van der Waals surface area contributed by atoms with Gasteiger partial charge < -0.3 is 4.84 Å². The second-order valence-electron chi connectivity index (χ2n) is 6.84. The van der Waals surface area contributed by atoms with Crippen LogP contribution in [0.3, 0.4) is 0 Å². The maximum Gasteiger partial charge on any atom is 0.493 e. The fraction of sp³-hybridized carbons (Fsp3) is 0.150. The normalized spacial score (nSPS) is 12.3. The lowest BCUT2D eigenvalue weighted by atomic mass is 10.1. The number of pyridine rings is 1. The number of hydrogen-bond donors (Lipinski definition) is 0. The molecule has 0 fully saturated rings. The van der Waals surface area contributed by atoms with E-state index in [1.54, 1.807) is 0 Å². The van der Waals surface area contributed by atoms with E-state index in [1.165, 1.54) is 35.4 Å². The summed E-state index contributed by atoms with van der Waals surface area (Å²) >= 11 is 0. The van der Waals surface area contributed by atoms with E-state index in [4.69, 9.17) is 0 Å². The van der Waals surface area contributed by atoms with E-state index in [1.807, 2.05) is 0 Å². The summed E-state index contributed by atoms with van der Waals surface area (Å²) in [7, 11) is 0. The van der Waals surface area contributed by atoms with Gasteiger partial charge in [-0.1, -0.05) is 0 Å². The van der Waals surface area contributed by atoms with Gasteiger partial charge in [0.2, 0.25) is 0 Å². The van der Waals surface area contributed by atoms with Crippen LogP contribution in [0.1, 0.15) is 11.1 Å². The van der Waals surface area contributed by atoms with Crippen molar-refractivity contribution in [3.63, 3.8) is 0 Å². The zero-order valence-electron chi connectivity index (χ0n) is 16.2. The Morgan fingerprint density at radius 2 is 1.82 bits per heavy atom. The Morgan fingerprint density at radius 1 is 1.06 bits per heavy atom. The molecule has 0 N–H and O–H groups in total. The summed E-state index contributed by atoms with van der Waals surface area (Å²) < 4.78 is 92.0. The Kier molecular flexibility index (Phi) is 5.34. The van der Waals surface area contributed by atoms with Crippen LogP contribution in [-0.4, -0.2) is 31.6 Å². The number of nitrogens with zero attached hydrogens (tertiary/aromatic N) is 4. The minimum atomic E-state index is -5.20. The molecule has 0 aliphatic carbocycles. The molecule has 6 nitrogen and oxygen atoms in total. The molecule has 4 rings (SSSR count). The quantitative estimate of drug-likeness (QED) is 0.407. The summed E-state index contributed by atoms with van der Waals surface area (Å²) in [5, 5.41) is 4.34. The fourth-order valence-electron chi connectivity index (χ4n) is 3.12. The van der Waals surface area contributed by atoms with E-state index in [2.05, 4.69) is 14.9 Å². The molecule has 0 saturated carbocycles. The molecule has 0 amide bonds. The number of alkyl halides is 6. The molecule has 3 heterocycles. The molecule has 0 radical (unpaired) electrons. The van der Waals surface area contributed by atoms with Gasteiger partial charge in [0.1, 0.15) is 5.82 Å². The summed E-state index contributed by atoms with van der Waals surface area (Å²) in [6, 6.07) is 4.93.